The Kier molecular flexibility index (Phi) is 4.77. The van der Waals surface area contributed by atoms with Crippen LogP contribution in [0.25, 0.3) is 5.69 Å². The fraction of sp³-hybridized carbons (Fsp3) is 0.368. The molecule has 0 N–H and O–H groups in total. The molecule has 4 rings (SSSR count). The third-order valence-corrected chi connectivity index (χ3v) is 4.84. The predicted octanol–water partition coefficient (Wildman–Crippen LogP) is 2.61. The van der Waals surface area contributed by atoms with Crippen molar-refractivity contribution in [3.63, 3.8) is 0 Å². The van der Waals surface area contributed by atoms with Gasteiger partial charge >= 0.3 is 0 Å². The lowest BCUT2D eigenvalue weighted by Crippen LogP contribution is -2.40. The number of likely N-dealkylation sites (tertiary alicyclic amines) is 1. The normalized spacial score (nSPS) is 17.4. The number of piperidine rings is 1. The van der Waals surface area contributed by atoms with Gasteiger partial charge < -0.3 is 4.90 Å². The fourth-order valence-electron chi connectivity index (χ4n) is 3.54. The number of aryl methyl sites for hydroxylation is 1. The van der Waals surface area contributed by atoms with Crippen LogP contribution in [0.15, 0.2) is 55.1 Å². The van der Waals surface area contributed by atoms with Crippen molar-refractivity contribution >= 4 is 5.91 Å². The second-order valence-corrected chi connectivity index (χ2v) is 6.51. The van der Waals surface area contributed by atoms with Gasteiger partial charge in [-0.05, 0) is 37.5 Å². The van der Waals surface area contributed by atoms with Gasteiger partial charge in [0.2, 0.25) is 5.91 Å². The zero-order valence-electron chi connectivity index (χ0n) is 14.6. The molecule has 1 atom stereocenters. The molecule has 7 heteroatoms. The lowest BCUT2D eigenvalue weighted by Gasteiger charge is -2.35. The Morgan fingerprint density at radius 2 is 2.04 bits per heavy atom. The maximum absolute atomic E-state index is 12.9. The molecule has 3 heterocycles. The SMILES string of the molecule is O=C(CCn1cccn1)N1CCCCC1c1nncn1-c1ccccc1. The number of para-hydroxylation sites is 1. The van der Waals surface area contributed by atoms with E-state index in [-0.39, 0.29) is 11.9 Å². The molecule has 0 saturated carbocycles. The van der Waals surface area contributed by atoms with Crippen LogP contribution in [-0.4, -0.2) is 41.9 Å². The lowest BCUT2D eigenvalue weighted by atomic mass is 10.0. The van der Waals surface area contributed by atoms with Crippen molar-refractivity contribution in [2.24, 2.45) is 0 Å². The van der Waals surface area contributed by atoms with E-state index in [1.54, 1.807) is 17.2 Å². The van der Waals surface area contributed by atoms with E-state index in [2.05, 4.69) is 15.3 Å². The molecular formula is C19H22N6O. The Morgan fingerprint density at radius 1 is 1.15 bits per heavy atom. The van der Waals surface area contributed by atoms with Gasteiger partial charge in [-0.25, -0.2) is 0 Å². The van der Waals surface area contributed by atoms with Crippen LogP contribution in [0.3, 0.4) is 0 Å². The number of benzene rings is 1. The molecule has 1 unspecified atom stereocenters. The van der Waals surface area contributed by atoms with Crippen molar-refractivity contribution in [2.45, 2.75) is 38.3 Å². The zero-order valence-corrected chi connectivity index (χ0v) is 14.6. The highest BCUT2D eigenvalue weighted by atomic mass is 16.2. The van der Waals surface area contributed by atoms with E-state index in [0.717, 1.165) is 37.3 Å². The van der Waals surface area contributed by atoms with E-state index in [1.807, 2.05) is 52.1 Å². The van der Waals surface area contributed by atoms with Crippen LogP contribution < -0.4 is 0 Å². The summed E-state index contributed by atoms with van der Waals surface area (Å²) in [6.45, 7) is 1.37. The molecule has 2 aromatic heterocycles. The molecule has 1 amide bonds. The van der Waals surface area contributed by atoms with Crippen molar-refractivity contribution in [2.75, 3.05) is 6.54 Å². The average Bonchev–Trinajstić information content (AvgIpc) is 3.38. The summed E-state index contributed by atoms with van der Waals surface area (Å²) in [6.07, 6.45) is 8.82. The van der Waals surface area contributed by atoms with E-state index >= 15 is 0 Å². The predicted molar refractivity (Wildman–Crippen MR) is 96.5 cm³/mol. The summed E-state index contributed by atoms with van der Waals surface area (Å²) >= 11 is 0. The minimum Gasteiger partial charge on any atom is -0.332 e. The molecule has 0 radical (unpaired) electrons. The van der Waals surface area contributed by atoms with E-state index in [9.17, 15) is 4.79 Å². The number of rotatable bonds is 5. The van der Waals surface area contributed by atoms with Gasteiger partial charge in [-0.2, -0.15) is 5.10 Å². The fourth-order valence-corrected chi connectivity index (χ4v) is 3.54. The van der Waals surface area contributed by atoms with Crippen LogP contribution in [0, 0.1) is 0 Å². The first-order chi connectivity index (χ1) is 12.8. The summed E-state index contributed by atoms with van der Waals surface area (Å²) in [5.41, 5.74) is 1.02. The standard InChI is InChI=1S/C19H22N6O/c26-18(10-14-23-12-6-11-21-23)24-13-5-4-9-17(24)19-22-20-15-25(19)16-7-2-1-3-8-16/h1-3,6-8,11-12,15,17H,4-5,9-10,13-14H2. The van der Waals surface area contributed by atoms with E-state index < -0.39 is 0 Å². The van der Waals surface area contributed by atoms with Crippen LogP contribution in [0.5, 0.6) is 0 Å². The molecule has 7 nitrogen and oxygen atoms in total. The summed E-state index contributed by atoms with van der Waals surface area (Å²) < 4.78 is 3.78. The summed E-state index contributed by atoms with van der Waals surface area (Å²) in [5, 5.41) is 12.7. The molecule has 1 fully saturated rings. The first-order valence-corrected chi connectivity index (χ1v) is 9.05. The number of carbonyl (C=O) groups is 1. The molecule has 3 aromatic rings. The number of amides is 1. The summed E-state index contributed by atoms with van der Waals surface area (Å²) in [7, 11) is 0. The molecule has 1 aliphatic heterocycles. The number of aromatic nitrogens is 5. The highest BCUT2D eigenvalue weighted by Gasteiger charge is 2.31. The molecule has 0 aliphatic carbocycles. The van der Waals surface area contributed by atoms with Crippen LogP contribution in [0.1, 0.15) is 37.5 Å². The highest BCUT2D eigenvalue weighted by molar-refractivity contribution is 5.76. The first kappa shape index (κ1) is 16.5. The third-order valence-electron chi connectivity index (χ3n) is 4.84. The van der Waals surface area contributed by atoms with Gasteiger partial charge in [0.1, 0.15) is 6.33 Å². The van der Waals surface area contributed by atoms with Crippen molar-refractivity contribution in [1.82, 2.24) is 29.4 Å². The Balaban J connectivity index is 1.55. The van der Waals surface area contributed by atoms with Gasteiger partial charge in [0.05, 0.1) is 6.04 Å². The summed E-state index contributed by atoms with van der Waals surface area (Å²) in [6, 6.07) is 11.9. The third kappa shape index (κ3) is 3.37. The molecule has 0 bridgehead atoms. The smallest absolute Gasteiger partial charge is 0.225 e. The first-order valence-electron chi connectivity index (χ1n) is 9.05. The van der Waals surface area contributed by atoms with Crippen LogP contribution >= 0.6 is 0 Å². The monoisotopic (exact) mass is 350 g/mol. The minimum atomic E-state index is -0.0309. The summed E-state index contributed by atoms with van der Waals surface area (Å²) in [4.78, 5) is 14.8. The largest absolute Gasteiger partial charge is 0.332 e. The van der Waals surface area contributed by atoms with Crippen molar-refractivity contribution in [1.29, 1.82) is 0 Å². The van der Waals surface area contributed by atoms with Gasteiger partial charge in [-0.15, -0.1) is 10.2 Å². The van der Waals surface area contributed by atoms with Crippen LogP contribution in [0.4, 0.5) is 0 Å². The van der Waals surface area contributed by atoms with Gasteiger partial charge in [0.15, 0.2) is 5.82 Å². The van der Waals surface area contributed by atoms with E-state index in [0.29, 0.717) is 13.0 Å². The second kappa shape index (κ2) is 7.51. The summed E-state index contributed by atoms with van der Waals surface area (Å²) in [5.74, 6) is 0.983. The maximum atomic E-state index is 12.9. The highest BCUT2D eigenvalue weighted by Crippen LogP contribution is 2.31. The van der Waals surface area contributed by atoms with Crippen LogP contribution in [0.2, 0.25) is 0 Å². The van der Waals surface area contributed by atoms with Gasteiger partial charge in [0, 0.05) is 37.6 Å². The van der Waals surface area contributed by atoms with E-state index in [4.69, 9.17) is 0 Å². The number of carbonyl (C=O) groups excluding carboxylic acids is 1. The number of hydrogen-bond donors (Lipinski definition) is 0. The van der Waals surface area contributed by atoms with Gasteiger partial charge in [-0.1, -0.05) is 18.2 Å². The van der Waals surface area contributed by atoms with Gasteiger partial charge in [-0.3, -0.25) is 14.0 Å². The van der Waals surface area contributed by atoms with Gasteiger partial charge in [0.25, 0.3) is 0 Å². The molecule has 1 saturated heterocycles. The average molecular weight is 350 g/mol. The van der Waals surface area contributed by atoms with Crippen molar-refractivity contribution in [3.05, 3.63) is 60.9 Å². The molecular weight excluding hydrogens is 328 g/mol. The maximum Gasteiger partial charge on any atom is 0.225 e. The number of nitrogens with zero attached hydrogens (tertiary/aromatic N) is 6. The van der Waals surface area contributed by atoms with Crippen molar-refractivity contribution in [3.8, 4) is 5.69 Å². The molecule has 0 spiro atoms. The molecule has 134 valence electrons. The van der Waals surface area contributed by atoms with Crippen LogP contribution in [-0.2, 0) is 11.3 Å². The van der Waals surface area contributed by atoms with Crippen molar-refractivity contribution < 1.29 is 4.79 Å². The Bertz CT molecular complexity index is 842. The number of hydrogen-bond acceptors (Lipinski definition) is 4. The molecule has 26 heavy (non-hydrogen) atoms. The Hall–Kier alpha value is -2.96. The molecule has 1 aliphatic rings. The lowest BCUT2D eigenvalue weighted by molar-refractivity contribution is -0.135. The van der Waals surface area contributed by atoms with E-state index in [1.165, 1.54) is 0 Å². The zero-order chi connectivity index (χ0) is 17.8. The quantitative estimate of drug-likeness (QED) is 0.709. The Labute approximate surface area is 152 Å². The molecule has 1 aromatic carbocycles. The topological polar surface area (TPSA) is 68.8 Å². The second-order valence-electron chi connectivity index (χ2n) is 6.51. The minimum absolute atomic E-state index is 0.0309. The Morgan fingerprint density at radius 3 is 2.85 bits per heavy atom.